The van der Waals surface area contributed by atoms with Crippen molar-refractivity contribution in [3.63, 3.8) is 0 Å². The number of nitrogens with zero attached hydrogens (tertiary/aromatic N) is 5. The lowest BCUT2D eigenvalue weighted by Gasteiger charge is -2.40. The molecule has 1 aliphatic heterocycles. The third-order valence-electron chi connectivity index (χ3n) is 4.65. The molecule has 8 nitrogen and oxygen atoms in total. The van der Waals surface area contributed by atoms with Gasteiger partial charge in [0.25, 0.3) is 5.91 Å². The number of amides is 1. The highest BCUT2D eigenvalue weighted by atomic mass is 16.3. The van der Waals surface area contributed by atoms with E-state index in [0.717, 1.165) is 5.56 Å². The maximum Gasteiger partial charge on any atom is 0.250 e. The minimum atomic E-state index is -1.29. The Kier molecular flexibility index (Phi) is 6.00. The number of aromatic nitrogens is 2. The van der Waals surface area contributed by atoms with Gasteiger partial charge in [0.05, 0.1) is 23.2 Å². The van der Waals surface area contributed by atoms with Gasteiger partial charge in [0.1, 0.15) is 5.69 Å². The molecule has 3 rings (SSSR count). The first kappa shape index (κ1) is 20.2. The van der Waals surface area contributed by atoms with Crippen LogP contribution in [-0.2, 0) is 4.79 Å². The van der Waals surface area contributed by atoms with Crippen molar-refractivity contribution in [1.29, 1.82) is 5.26 Å². The third kappa shape index (κ3) is 4.31. The number of aliphatic hydroxyl groups is 1. The Hall–Kier alpha value is -3.57. The zero-order valence-corrected chi connectivity index (χ0v) is 16.2. The maximum atomic E-state index is 11.9. The van der Waals surface area contributed by atoms with Crippen molar-refractivity contribution in [2.45, 2.75) is 32.5 Å². The fraction of sp³-hybridized carbons (Fsp3) is 0.286. The fourth-order valence-corrected chi connectivity index (χ4v) is 3.29. The van der Waals surface area contributed by atoms with E-state index in [1.807, 2.05) is 12.1 Å². The van der Waals surface area contributed by atoms with Gasteiger partial charge in [-0.05, 0) is 42.2 Å². The number of nitriles is 1. The summed E-state index contributed by atoms with van der Waals surface area (Å²) in [6, 6.07) is 12.4. The van der Waals surface area contributed by atoms with E-state index < -0.39 is 12.1 Å². The van der Waals surface area contributed by atoms with Crippen LogP contribution < -0.4 is 5.73 Å². The molecule has 0 saturated carbocycles. The zero-order valence-electron chi connectivity index (χ0n) is 16.2. The van der Waals surface area contributed by atoms with Gasteiger partial charge < -0.3 is 15.7 Å². The topological polar surface area (TPSA) is 128 Å². The van der Waals surface area contributed by atoms with E-state index in [1.54, 1.807) is 35.4 Å². The second-order valence-electron chi connectivity index (χ2n) is 7.17. The minimum absolute atomic E-state index is 0.0000384. The Labute approximate surface area is 169 Å². The number of nitrogens with two attached hydrogens (primary N) is 1. The standard InChI is InChI=1S/C21H22N6O2/c1-13(2)10-18(15-7-5-14(11-22)6-8-15)27-20(17-4-3-9-25-26-17)24-12-16(19(23)28)21(27)29/h3-9,12-13,18,21,29H,10H2,1-2H3,(H2,23,28). The normalized spacial score (nSPS) is 17.3. The average Bonchev–Trinajstić information content (AvgIpc) is 2.72. The first-order chi connectivity index (χ1) is 13.9. The molecule has 1 aliphatic rings. The molecule has 1 aromatic heterocycles. The average molecular weight is 390 g/mol. The van der Waals surface area contributed by atoms with E-state index in [-0.39, 0.29) is 17.5 Å². The smallest absolute Gasteiger partial charge is 0.250 e. The number of carbonyl (C=O) groups excluding carboxylic acids is 1. The largest absolute Gasteiger partial charge is 0.369 e. The molecule has 2 atom stereocenters. The van der Waals surface area contributed by atoms with Crippen molar-refractivity contribution in [3.8, 4) is 6.07 Å². The Morgan fingerprint density at radius 3 is 2.59 bits per heavy atom. The Morgan fingerprint density at radius 2 is 2.03 bits per heavy atom. The summed E-state index contributed by atoms with van der Waals surface area (Å²) in [6.45, 7) is 4.13. The summed E-state index contributed by atoms with van der Waals surface area (Å²) >= 11 is 0. The highest BCUT2D eigenvalue weighted by molar-refractivity contribution is 6.02. The number of benzene rings is 1. The molecule has 3 N–H and O–H groups in total. The second kappa shape index (κ2) is 8.63. The van der Waals surface area contributed by atoms with Gasteiger partial charge >= 0.3 is 0 Å². The molecule has 2 aromatic rings. The Morgan fingerprint density at radius 1 is 1.31 bits per heavy atom. The van der Waals surface area contributed by atoms with Gasteiger partial charge in [0.2, 0.25) is 0 Å². The molecule has 0 fully saturated rings. The number of carbonyl (C=O) groups is 1. The molecule has 29 heavy (non-hydrogen) atoms. The van der Waals surface area contributed by atoms with Crippen LogP contribution in [0.2, 0.25) is 0 Å². The van der Waals surface area contributed by atoms with Crippen molar-refractivity contribution < 1.29 is 9.90 Å². The SMILES string of the molecule is CC(C)CC(c1ccc(C#N)cc1)N1C(c2cccnn2)=NC=C(C(N)=O)C1O. The van der Waals surface area contributed by atoms with Gasteiger partial charge in [-0.2, -0.15) is 10.4 Å². The summed E-state index contributed by atoms with van der Waals surface area (Å²) in [4.78, 5) is 17.9. The molecular weight excluding hydrogens is 368 g/mol. The van der Waals surface area contributed by atoms with Gasteiger partial charge in [-0.1, -0.05) is 26.0 Å². The molecule has 0 radical (unpaired) electrons. The monoisotopic (exact) mass is 390 g/mol. The number of rotatable bonds is 6. The first-order valence-electron chi connectivity index (χ1n) is 9.24. The highest BCUT2D eigenvalue weighted by Gasteiger charge is 2.36. The van der Waals surface area contributed by atoms with Crippen LogP contribution in [0.3, 0.4) is 0 Å². The van der Waals surface area contributed by atoms with Crippen molar-refractivity contribution in [1.82, 2.24) is 15.1 Å². The van der Waals surface area contributed by atoms with Crippen LogP contribution in [0.25, 0.3) is 0 Å². The summed E-state index contributed by atoms with van der Waals surface area (Å²) in [6.07, 6.45) is 2.19. The fourth-order valence-electron chi connectivity index (χ4n) is 3.29. The molecule has 8 heteroatoms. The van der Waals surface area contributed by atoms with E-state index in [4.69, 9.17) is 11.0 Å². The molecule has 2 heterocycles. The lowest BCUT2D eigenvalue weighted by Crippen LogP contribution is -2.48. The predicted molar refractivity (Wildman–Crippen MR) is 107 cm³/mol. The lowest BCUT2D eigenvalue weighted by atomic mass is 9.93. The molecule has 0 bridgehead atoms. The Bertz CT molecular complexity index is 976. The van der Waals surface area contributed by atoms with Crippen molar-refractivity contribution in [2.75, 3.05) is 0 Å². The van der Waals surface area contributed by atoms with Crippen LogP contribution in [0, 0.1) is 17.2 Å². The summed E-state index contributed by atoms with van der Waals surface area (Å²) in [5.74, 6) is -0.0768. The summed E-state index contributed by atoms with van der Waals surface area (Å²) < 4.78 is 0. The number of primary amides is 1. The molecule has 1 amide bonds. The lowest BCUT2D eigenvalue weighted by molar-refractivity contribution is -0.116. The Balaban J connectivity index is 2.13. The summed E-state index contributed by atoms with van der Waals surface area (Å²) in [5, 5.41) is 28.2. The minimum Gasteiger partial charge on any atom is -0.369 e. The number of amidine groups is 1. The van der Waals surface area contributed by atoms with Gasteiger partial charge in [-0.25, -0.2) is 4.99 Å². The van der Waals surface area contributed by atoms with Crippen LogP contribution in [0.5, 0.6) is 0 Å². The molecule has 148 valence electrons. The van der Waals surface area contributed by atoms with E-state index in [0.29, 0.717) is 23.5 Å². The van der Waals surface area contributed by atoms with Gasteiger partial charge in [0.15, 0.2) is 12.1 Å². The van der Waals surface area contributed by atoms with E-state index in [1.165, 1.54) is 6.20 Å². The first-order valence-corrected chi connectivity index (χ1v) is 9.24. The van der Waals surface area contributed by atoms with Crippen LogP contribution in [0.15, 0.2) is 59.4 Å². The van der Waals surface area contributed by atoms with Crippen molar-refractivity contribution in [3.05, 3.63) is 71.2 Å². The van der Waals surface area contributed by atoms with Crippen LogP contribution in [0.1, 0.15) is 43.1 Å². The second-order valence-corrected chi connectivity index (χ2v) is 7.17. The number of hydrogen-bond donors (Lipinski definition) is 2. The molecule has 2 unspecified atom stereocenters. The van der Waals surface area contributed by atoms with E-state index in [9.17, 15) is 9.90 Å². The summed E-state index contributed by atoms with van der Waals surface area (Å²) in [7, 11) is 0. The predicted octanol–water partition coefficient (Wildman–Crippen LogP) is 1.89. The number of hydrogen-bond acceptors (Lipinski definition) is 7. The van der Waals surface area contributed by atoms with Crippen molar-refractivity contribution in [2.24, 2.45) is 16.6 Å². The van der Waals surface area contributed by atoms with Crippen molar-refractivity contribution >= 4 is 11.7 Å². The van der Waals surface area contributed by atoms with Gasteiger partial charge in [0, 0.05) is 12.4 Å². The van der Waals surface area contributed by atoms with Gasteiger partial charge in [-0.3, -0.25) is 4.79 Å². The number of aliphatic imine (C=N–C) groups is 1. The zero-order chi connectivity index (χ0) is 21.0. The van der Waals surface area contributed by atoms with E-state index in [2.05, 4.69) is 35.1 Å². The molecular formula is C21H22N6O2. The number of aliphatic hydroxyl groups excluding tert-OH is 1. The van der Waals surface area contributed by atoms with Gasteiger partial charge in [-0.15, -0.1) is 5.10 Å². The molecule has 0 saturated heterocycles. The molecule has 0 aliphatic carbocycles. The molecule has 1 aromatic carbocycles. The van der Waals surface area contributed by atoms with Crippen LogP contribution >= 0.6 is 0 Å². The van der Waals surface area contributed by atoms with Crippen LogP contribution in [0.4, 0.5) is 0 Å². The molecule has 0 spiro atoms. The highest BCUT2D eigenvalue weighted by Crippen LogP contribution is 2.34. The maximum absolute atomic E-state index is 11.9. The van der Waals surface area contributed by atoms with E-state index >= 15 is 0 Å². The summed E-state index contributed by atoms with van der Waals surface area (Å²) in [5.41, 5.74) is 7.33. The van der Waals surface area contributed by atoms with Crippen LogP contribution in [-0.4, -0.2) is 38.2 Å². The third-order valence-corrected chi connectivity index (χ3v) is 4.65. The quantitative estimate of drug-likeness (QED) is 0.775.